The van der Waals surface area contributed by atoms with Crippen LogP contribution in [0.1, 0.15) is 13.3 Å². The summed E-state index contributed by atoms with van der Waals surface area (Å²) in [6, 6.07) is 0. The van der Waals surface area contributed by atoms with Gasteiger partial charge in [-0.05, 0) is 0 Å². The molecule has 1 fully saturated rings. The summed E-state index contributed by atoms with van der Waals surface area (Å²) in [5.41, 5.74) is 0. The lowest BCUT2D eigenvalue weighted by Gasteiger charge is -2.16. The number of nitrogens with zero attached hydrogens (tertiary/aromatic N) is 1. The summed E-state index contributed by atoms with van der Waals surface area (Å²) >= 11 is 0. The van der Waals surface area contributed by atoms with Gasteiger partial charge in [-0.25, -0.2) is 0 Å². The van der Waals surface area contributed by atoms with Gasteiger partial charge in [0, 0.05) is 6.54 Å². The van der Waals surface area contributed by atoms with Crippen LogP contribution in [0.15, 0.2) is 0 Å². The Morgan fingerprint density at radius 3 is 2.62 bits per heavy atom. The minimum atomic E-state index is -0.952. The average molecular weight is 185 g/mol. The second-order valence-electron chi connectivity index (χ2n) is 3.23. The Morgan fingerprint density at radius 1 is 1.62 bits per heavy atom. The second-order valence-corrected chi connectivity index (χ2v) is 3.23. The van der Waals surface area contributed by atoms with Crippen LogP contribution in [0.25, 0.3) is 0 Å². The van der Waals surface area contributed by atoms with Gasteiger partial charge in [-0.3, -0.25) is 14.4 Å². The van der Waals surface area contributed by atoms with Gasteiger partial charge < -0.3 is 10.0 Å². The molecule has 0 aliphatic carbocycles. The van der Waals surface area contributed by atoms with Gasteiger partial charge in [0.05, 0.1) is 18.9 Å². The standard InChI is InChI=1S/C8H11NO4/c1-5(8(12)13)3-9-4-6(10)2-7(9)11/h5H,2-4H2,1H3,(H,12,13). The van der Waals surface area contributed by atoms with Crippen LogP contribution < -0.4 is 0 Å². The quantitative estimate of drug-likeness (QED) is 0.602. The molecule has 1 rings (SSSR count). The summed E-state index contributed by atoms with van der Waals surface area (Å²) in [5, 5.41) is 8.57. The molecule has 0 aromatic rings. The molecule has 1 N–H and O–H groups in total. The molecule has 0 spiro atoms. The number of ketones is 1. The third-order valence-electron chi connectivity index (χ3n) is 1.98. The first-order valence-corrected chi connectivity index (χ1v) is 4.03. The van der Waals surface area contributed by atoms with Crippen LogP contribution in [0.2, 0.25) is 0 Å². The van der Waals surface area contributed by atoms with Gasteiger partial charge in [0.1, 0.15) is 0 Å². The van der Waals surface area contributed by atoms with Gasteiger partial charge in [0.15, 0.2) is 5.78 Å². The normalized spacial score (nSPS) is 19.3. The summed E-state index contributed by atoms with van der Waals surface area (Å²) < 4.78 is 0. The van der Waals surface area contributed by atoms with Gasteiger partial charge in [-0.2, -0.15) is 0 Å². The van der Waals surface area contributed by atoms with Crippen molar-refractivity contribution >= 4 is 17.7 Å². The number of rotatable bonds is 3. The van der Waals surface area contributed by atoms with Crippen LogP contribution in [0, 0.1) is 5.92 Å². The van der Waals surface area contributed by atoms with Crippen LogP contribution in [-0.4, -0.2) is 40.8 Å². The molecule has 72 valence electrons. The van der Waals surface area contributed by atoms with Crippen molar-refractivity contribution in [3.05, 3.63) is 0 Å². The summed E-state index contributed by atoms with van der Waals surface area (Å²) in [5.74, 6) is -1.97. The van der Waals surface area contributed by atoms with E-state index in [0.29, 0.717) is 0 Å². The number of aliphatic carboxylic acids is 1. The minimum Gasteiger partial charge on any atom is -0.481 e. The Hall–Kier alpha value is -1.39. The molecular formula is C8H11NO4. The maximum atomic E-state index is 11.1. The molecule has 1 saturated heterocycles. The molecule has 0 aromatic heterocycles. The summed E-state index contributed by atoms with van der Waals surface area (Å²) in [6.07, 6.45) is -0.0770. The van der Waals surface area contributed by atoms with Crippen LogP contribution in [0.3, 0.4) is 0 Å². The summed E-state index contributed by atoms with van der Waals surface area (Å²) in [6.45, 7) is 1.70. The minimum absolute atomic E-state index is 0.0659. The van der Waals surface area contributed by atoms with Crippen molar-refractivity contribution in [2.24, 2.45) is 5.92 Å². The molecule has 13 heavy (non-hydrogen) atoms. The fraction of sp³-hybridized carbons (Fsp3) is 0.625. The van der Waals surface area contributed by atoms with Crippen molar-refractivity contribution < 1.29 is 19.5 Å². The molecule has 0 aromatic carbocycles. The summed E-state index contributed by atoms with van der Waals surface area (Å²) in [4.78, 5) is 33.6. The highest BCUT2D eigenvalue weighted by atomic mass is 16.4. The third-order valence-corrected chi connectivity index (χ3v) is 1.98. The number of hydrogen-bond donors (Lipinski definition) is 1. The van der Waals surface area contributed by atoms with Crippen LogP contribution in [-0.2, 0) is 14.4 Å². The molecule has 1 unspecified atom stereocenters. The predicted octanol–water partition coefficient (Wildman–Crippen LogP) is -0.492. The first-order chi connectivity index (χ1) is 6.00. The zero-order chi connectivity index (χ0) is 10.0. The first-order valence-electron chi connectivity index (χ1n) is 4.03. The third kappa shape index (κ3) is 2.27. The number of hydrogen-bond acceptors (Lipinski definition) is 3. The topological polar surface area (TPSA) is 74.7 Å². The molecule has 5 heteroatoms. The van der Waals surface area contributed by atoms with E-state index in [1.54, 1.807) is 0 Å². The van der Waals surface area contributed by atoms with E-state index in [9.17, 15) is 14.4 Å². The van der Waals surface area contributed by atoms with Gasteiger partial charge >= 0.3 is 5.97 Å². The van der Waals surface area contributed by atoms with Crippen molar-refractivity contribution in [1.82, 2.24) is 4.90 Å². The van der Waals surface area contributed by atoms with E-state index in [4.69, 9.17) is 5.11 Å². The fourth-order valence-electron chi connectivity index (χ4n) is 1.21. The Bertz CT molecular complexity index is 261. The molecule has 1 heterocycles. The van der Waals surface area contributed by atoms with Crippen molar-refractivity contribution in [1.29, 1.82) is 0 Å². The number of carbonyl (C=O) groups excluding carboxylic acids is 2. The summed E-state index contributed by atoms with van der Waals surface area (Å²) in [7, 11) is 0. The highest BCUT2D eigenvalue weighted by Gasteiger charge is 2.29. The molecule has 0 radical (unpaired) electrons. The van der Waals surface area contributed by atoms with E-state index in [0.717, 1.165) is 0 Å². The molecular weight excluding hydrogens is 174 g/mol. The van der Waals surface area contributed by atoms with E-state index in [1.807, 2.05) is 0 Å². The van der Waals surface area contributed by atoms with Gasteiger partial charge in [-0.1, -0.05) is 6.92 Å². The molecule has 1 aliphatic heterocycles. The molecule has 1 amide bonds. The Labute approximate surface area is 75.3 Å². The monoisotopic (exact) mass is 185 g/mol. The van der Waals surface area contributed by atoms with E-state index >= 15 is 0 Å². The van der Waals surface area contributed by atoms with Gasteiger partial charge in [0.2, 0.25) is 5.91 Å². The highest BCUT2D eigenvalue weighted by molar-refractivity contribution is 6.05. The van der Waals surface area contributed by atoms with Crippen LogP contribution in [0.5, 0.6) is 0 Å². The molecule has 5 nitrogen and oxygen atoms in total. The van der Waals surface area contributed by atoms with Crippen LogP contribution in [0.4, 0.5) is 0 Å². The fourth-order valence-corrected chi connectivity index (χ4v) is 1.21. The lowest BCUT2D eigenvalue weighted by Crippen LogP contribution is -2.33. The number of amides is 1. The number of carboxylic acid groups (broad SMARTS) is 1. The predicted molar refractivity (Wildman–Crippen MR) is 43.0 cm³/mol. The number of carboxylic acids is 1. The Kier molecular flexibility index (Phi) is 2.65. The van der Waals surface area contributed by atoms with Crippen molar-refractivity contribution in [3.63, 3.8) is 0 Å². The second kappa shape index (κ2) is 3.55. The Balaban J connectivity index is 2.50. The van der Waals surface area contributed by atoms with E-state index in [2.05, 4.69) is 0 Å². The van der Waals surface area contributed by atoms with E-state index < -0.39 is 11.9 Å². The van der Waals surface area contributed by atoms with Crippen molar-refractivity contribution in [3.8, 4) is 0 Å². The maximum absolute atomic E-state index is 11.1. The maximum Gasteiger partial charge on any atom is 0.308 e. The van der Waals surface area contributed by atoms with Gasteiger partial charge in [0.25, 0.3) is 0 Å². The first kappa shape index (κ1) is 9.70. The number of carbonyl (C=O) groups is 3. The van der Waals surface area contributed by atoms with E-state index in [-0.39, 0.29) is 31.2 Å². The van der Waals surface area contributed by atoms with Crippen LogP contribution >= 0.6 is 0 Å². The molecule has 0 saturated carbocycles. The van der Waals surface area contributed by atoms with Crippen molar-refractivity contribution in [2.75, 3.05) is 13.1 Å². The number of likely N-dealkylation sites (tertiary alicyclic amines) is 1. The highest BCUT2D eigenvalue weighted by Crippen LogP contribution is 2.09. The zero-order valence-corrected chi connectivity index (χ0v) is 7.32. The van der Waals surface area contributed by atoms with Gasteiger partial charge in [-0.15, -0.1) is 0 Å². The molecule has 1 atom stereocenters. The molecule has 0 bridgehead atoms. The number of Topliss-reactive ketones (excluding diaryl/α,β-unsaturated/α-hetero) is 1. The SMILES string of the molecule is CC(CN1CC(=O)CC1=O)C(=O)O. The molecule has 1 aliphatic rings. The van der Waals surface area contributed by atoms with Crippen molar-refractivity contribution in [2.45, 2.75) is 13.3 Å². The Morgan fingerprint density at radius 2 is 2.23 bits per heavy atom. The average Bonchev–Trinajstić information content (AvgIpc) is 2.30. The van der Waals surface area contributed by atoms with E-state index in [1.165, 1.54) is 11.8 Å². The smallest absolute Gasteiger partial charge is 0.308 e. The lowest BCUT2D eigenvalue weighted by atomic mass is 10.2. The zero-order valence-electron chi connectivity index (χ0n) is 7.32. The largest absolute Gasteiger partial charge is 0.481 e. The lowest BCUT2D eigenvalue weighted by molar-refractivity contribution is -0.142.